The van der Waals surface area contributed by atoms with E-state index < -0.39 is 0 Å². The van der Waals surface area contributed by atoms with Crippen LogP contribution in [0.2, 0.25) is 0 Å². The van der Waals surface area contributed by atoms with E-state index in [9.17, 15) is 0 Å². The number of furan rings is 1. The molecule has 0 aliphatic carbocycles. The van der Waals surface area contributed by atoms with Gasteiger partial charge in [-0.2, -0.15) is 11.3 Å². The maximum absolute atomic E-state index is 5.66. The SMILES string of the molecule is c1coc(CCNC(=NCc2ccsc2)NCC2CCCO2)c1. The molecule has 1 saturated heterocycles. The van der Waals surface area contributed by atoms with Crippen molar-refractivity contribution in [1.29, 1.82) is 0 Å². The second kappa shape index (κ2) is 8.74. The Kier molecular flexibility index (Phi) is 6.11. The van der Waals surface area contributed by atoms with E-state index >= 15 is 0 Å². The lowest BCUT2D eigenvalue weighted by Gasteiger charge is -2.15. The highest BCUT2D eigenvalue weighted by Gasteiger charge is 2.15. The molecule has 6 heteroatoms. The highest BCUT2D eigenvalue weighted by Crippen LogP contribution is 2.10. The molecule has 0 bridgehead atoms. The summed E-state index contributed by atoms with van der Waals surface area (Å²) in [6.45, 7) is 3.15. The Labute approximate surface area is 140 Å². The van der Waals surface area contributed by atoms with Crippen LogP contribution in [0.15, 0.2) is 44.6 Å². The van der Waals surface area contributed by atoms with Gasteiger partial charge in [0, 0.05) is 26.1 Å². The predicted molar refractivity (Wildman–Crippen MR) is 92.8 cm³/mol. The van der Waals surface area contributed by atoms with Gasteiger partial charge in [0.15, 0.2) is 5.96 Å². The number of rotatable bonds is 7. The van der Waals surface area contributed by atoms with Crippen molar-refractivity contribution in [1.82, 2.24) is 10.6 Å². The molecule has 3 rings (SSSR count). The van der Waals surface area contributed by atoms with E-state index in [1.165, 1.54) is 5.56 Å². The van der Waals surface area contributed by atoms with Crippen molar-refractivity contribution in [3.8, 4) is 0 Å². The molecule has 2 aromatic rings. The molecule has 23 heavy (non-hydrogen) atoms. The zero-order valence-corrected chi connectivity index (χ0v) is 14.0. The van der Waals surface area contributed by atoms with Gasteiger partial charge in [-0.3, -0.25) is 0 Å². The summed E-state index contributed by atoms with van der Waals surface area (Å²) in [6.07, 6.45) is 5.12. The molecular weight excluding hydrogens is 310 g/mol. The molecule has 1 aliphatic rings. The molecule has 1 atom stereocenters. The highest BCUT2D eigenvalue weighted by atomic mass is 32.1. The third-order valence-electron chi connectivity index (χ3n) is 3.76. The number of thiophene rings is 1. The van der Waals surface area contributed by atoms with Gasteiger partial charge in [-0.1, -0.05) is 0 Å². The number of aliphatic imine (C=N–C) groups is 1. The van der Waals surface area contributed by atoms with Crippen LogP contribution >= 0.6 is 11.3 Å². The monoisotopic (exact) mass is 333 g/mol. The van der Waals surface area contributed by atoms with Gasteiger partial charge >= 0.3 is 0 Å². The summed E-state index contributed by atoms with van der Waals surface area (Å²) >= 11 is 1.70. The zero-order valence-electron chi connectivity index (χ0n) is 13.2. The minimum absolute atomic E-state index is 0.299. The molecule has 5 nitrogen and oxygen atoms in total. The minimum Gasteiger partial charge on any atom is -0.469 e. The number of hydrogen-bond acceptors (Lipinski definition) is 4. The van der Waals surface area contributed by atoms with Gasteiger partial charge in [-0.05, 0) is 47.4 Å². The molecule has 2 N–H and O–H groups in total. The zero-order chi connectivity index (χ0) is 15.7. The van der Waals surface area contributed by atoms with Gasteiger partial charge in [-0.25, -0.2) is 4.99 Å². The van der Waals surface area contributed by atoms with Crippen LogP contribution in [0.3, 0.4) is 0 Å². The first-order chi connectivity index (χ1) is 11.4. The van der Waals surface area contributed by atoms with Crippen LogP contribution in [0, 0.1) is 0 Å². The Balaban J connectivity index is 1.49. The summed E-state index contributed by atoms with van der Waals surface area (Å²) in [6, 6.07) is 6.01. The fourth-order valence-corrected chi connectivity index (χ4v) is 3.16. The van der Waals surface area contributed by atoms with Crippen molar-refractivity contribution in [3.05, 3.63) is 46.5 Å². The average molecular weight is 333 g/mol. The van der Waals surface area contributed by atoms with Crippen LogP contribution in [-0.2, 0) is 17.7 Å². The minimum atomic E-state index is 0.299. The predicted octanol–water partition coefficient (Wildman–Crippen LogP) is 2.80. The second-order valence-corrected chi connectivity index (χ2v) is 6.35. The molecule has 0 radical (unpaired) electrons. The number of nitrogens with zero attached hydrogens (tertiary/aromatic N) is 1. The van der Waals surface area contributed by atoms with Crippen molar-refractivity contribution in [3.63, 3.8) is 0 Å². The Morgan fingerprint density at radius 2 is 2.35 bits per heavy atom. The van der Waals surface area contributed by atoms with Crippen molar-refractivity contribution in [2.45, 2.75) is 31.9 Å². The van der Waals surface area contributed by atoms with Gasteiger partial charge in [0.1, 0.15) is 5.76 Å². The Hall–Kier alpha value is -1.79. The van der Waals surface area contributed by atoms with E-state index in [0.29, 0.717) is 12.6 Å². The summed E-state index contributed by atoms with van der Waals surface area (Å²) in [5.41, 5.74) is 1.24. The van der Waals surface area contributed by atoms with Crippen LogP contribution in [-0.4, -0.2) is 31.8 Å². The lowest BCUT2D eigenvalue weighted by molar-refractivity contribution is 0.114. The first kappa shape index (κ1) is 16.1. The fourth-order valence-electron chi connectivity index (χ4n) is 2.50. The Bertz CT molecular complexity index is 575. The smallest absolute Gasteiger partial charge is 0.191 e. The molecule has 124 valence electrons. The quantitative estimate of drug-likeness (QED) is 0.604. The highest BCUT2D eigenvalue weighted by molar-refractivity contribution is 7.07. The number of hydrogen-bond donors (Lipinski definition) is 2. The van der Waals surface area contributed by atoms with Crippen LogP contribution in [0.4, 0.5) is 0 Å². The van der Waals surface area contributed by atoms with Gasteiger partial charge in [0.2, 0.25) is 0 Å². The standard InChI is InChI=1S/C17H23N3O2S/c1-3-15(21-8-1)5-7-18-17(19-11-14-6-10-23-13-14)20-12-16-4-2-9-22-16/h1,3,6,8,10,13,16H,2,4-5,7,9,11-12H2,(H2,18,19,20). The van der Waals surface area contributed by atoms with E-state index in [4.69, 9.17) is 9.15 Å². The fraction of sp³-hybridized carbons (Fsp3) is 0.471. The molecule has 0 amide bonds. The average Bonchev–Trinajstić information content (AvgIpc) is 3.33. The molecule has 3 heterocycles. The Morgan fingerprint density at radius 1 is 1.35 bits per heavy atom. The van der Waals surface area contributed by atoms with E-state index in [-0.39, 0.29) is 0 Å². The largest absolute Gasteiger partial charge is 0.469 e. The lowest BCUT2D eigenvalue weighted by Crippen LogP contribution is -2.41. The molecule has 0 saturated carbocycles. The molecule has 2 aromatic heterocycles. The molecule has 1 aliphatic heterocycles. The van der Waals surface area contributed by atoms with Crippen molar-refractivity contribution >= 4 is 17.3 Å². The third-order valence-corrected chi connectivity index (χ3v) is 4.50. The van der Waals surface area contributed by atoms with E-state index in [1.807, 2.05) is 12.1 Å². The van der Waals surface area contributed by atoms with Gasteiger partial charge in [-0.15, -0.1) is 0 Å². The summed E-state index contributed by atoms with van der Waals surface area (Å²) in [4.78, 5) is 4.66. The van der Waals surface area contributed by atoms with Crippen LogP contribution in [0.1, 0.15) is 24.2 Å². The van der Waals surface area contributed by atoms with E-state index in [0.717, 1.165) is 50.7 Å². The molecule has 0 aromatic carbocycles. The first-order valence-electron chi connectivity index (χ1n) is 8.07. The van der Waals surface area contributed by atoms with Gasteiger partial charge in [0.25, 0.3) is 0 Å². The molecule has 1 unspecified atom stereocenters. The van der Waals surface area contributed by atoms with Crippen molar-refractivity contribution in [2.24, 2.45) is 4.99 Å². The Morgan fingerprint density at radius 3 is 3.09 bits per heavy atom. The maximum Gasteiger partial charge on any atom is 0.191 e. The van der Waals surface area contributed by atoms with Crippen molar-refractivity contribution < 1.29 is 9.15 Å². The van der Waals surface area contributed by atoms with Crippen molar-refractivity contribution in [2.75, 3.05) is 19.7 Å². The van der Waals surface area contributed by atoms with Gasteiger partial charge < -0.3 is 19.8 Å². The number of nitrogens with one attached hydrogen (secondary N) is 2. The van der Waals surface area contributed by atoms with Crippen LogP contribution in [0.25, 0.3) is 0 Å². The van der Waals surface area contributed by atoms with Gasteiger partial charge in [0.05, 0.1) is 18.9 Å². The number of ether oxygens (including phenoxy) is 1. The molecule has 1 fully saturated rings. The lowest BCUT2D eigenvalue weighted by atomic mass is 10.2. The summed E-state index contributed by atoms with van der Waals surface area (Å²) in [5.74, 6) is 1.81. The van der Waals surface area contributed by atoms with Crippen LogP contribution in [0.5, 0.6) is 0 Å². The van der Waals surface area contributed by atoms with Crippen LogP contribution < -0.4 is 10.6 Å². The normalized spacial score (nSPS) is 18.3. The second-order valence-electron chi connectivity index (χ2n) is 5.57. The summed E-state index contributed by atoms with van der Waals surface area (Å²) < 4.78 is 11.0. The summed E-state index contributed by atoms with van der Waals surface area (Å²) in [5, 5.41) is 11.0. The third kappa shape index (κ3) is 5.41. The van der Waals surface area contributed by atoms with E-state index in [1.54, 1.807) is 17.6 Å². The topological polar surface area (TPSA) is 58.8 Å². The maximum atomic E-state index is 5.66. The summed E-state index contributed by atoms with van der Waals surface area (Å²) in [7, 11) is 0. The number of guanidine groups is 1. The van der Waals surface area contributed by atoms with E-state index in [2.05, 4.69) is 32.5 Å². The first-order valence-corrected chi connectivity index (χ1v) is 9.01. The molecular formula is C17H23N3O2S. The molecule has 0 spiro atoms.